The lowest BCUT2D eigenvalue weighted by Crippen LogP contribution is -2.10. The van der Waals surface area contributed by atoms with Gasteiger partial charge in [0.05, 0.1) is 10.9 Å². The van der Waals surface area contributed by atoms with E-state index in [0.29, 0.717) is 5.39 Å². The summed E-state index contributed by atoms with van der Waals surface area (Å²) >= 11 is 0. The molecule has 0 bridgehead atoms. The maximum Gasteiger partial charge on any atom is 0.451 e. The van der Waals surface area contributed by atoms with Crippen LogP contribution < -0.4 is 4.74 Å². The predicted molar refractivity (Wildman–Crippen MR) is 66.6 cm³/mol. The highest BCUT2D eigenvalue weighted by molar-refractivity contribution is 5.84. The van der Waals surface area contributed by atoms with Crippen LogP contribution in [0.2, 0.25) is 0 Å². The first-order valence-corrected chi connectivity index (χ1v) is 5.82. The van der Waals surface area contributed by atoms with Crippen LogP contribution in [0.5, 0.6) is 11.8 Å². The van der Waals surface area contributed by atoms with Crippen molar-refractivity contribution in [2.24, 2.45) is 0 Å². The Hall–Kier alpha value is -2.77. The molecule has 0 fully saturated rings. The summed E-state index contributed by atoms with van der Waals surface area (Å²) < 4.78 is 43.2. The Morgan fingerprint density at radius 1 is 0.952 bits per heavy atom. The Balaban J connectivity index is 2.05. The van der Waals surface area contributed by atoms with Crippen molar-refractivity contribution >= 4 is 10.9 Å². The van der Waals surface area contributed by atoms with E-state index in [4.69, 9.17) is 4.74 Å². The van der Waals surface area contributed by atoms with E-state index >= 15 is 0 Å². The van der Waals surface area contributed by atoms with Crippen molar-refractivity contribution in [3.63, 3.8) is 0 Å². The molecule has 0 unspecified atom stereocenters. The Morgan fingerprint density at radius 2 is 1.71 bits per heavy atom. The zero-order valence-electron chi connectivity index (χ0n) is 10.4. The first-order valence-electron chi connectivity index (χ1n) is 5.82. The maximum atomic E-state index is 12.6. The second kappa shape index (κ2) is 4.97. The zero-order chi connectivity index (χ0) is 14.9. The molecule has 0 aliphatic heterocycles. The van der Waals surface area contributed by atoms with Crippen LogP contribution >= 0.6 is 0 Å². The van der Waals surface area contributed by atoms with E-state index in [-0.39, 0.29) is 17.3 Å². The van der Waals surface area contributed by atoms with Gasteiger partial charge >= 0.3 is 12.2 Å². The summed E-state index contributed by atoms with van der Waals surface area (Å²) in [5.41, 5.74) is 0.130. The molecule has 1 aromatic carbocycles. The Bertz CT molecular complexity index is 777. The molecular formula is C13H7F3N4O. The van der Waals surface area contributed by atoms with Crippen LogP contribution in [0.4, 0.5) is 13.2 Å². The van der Waals surface area contributed by atoms with Crippen LogP contribution in [0, 0.1) is 0 Å². The molecule has 2 aromatic heterocycles. The lowest BCUT2D eigenvalue weighted by atomic mass is 10.2. The van der Waals surface area contributed by atoms with Gasteiger partial charge in [-0.2, -0.15) is 13.2 Å². The van der Waals surface area contributed by atoms with Crippen LogP contribution in [0.3, 0.4) is 0 Å². The molecule has 0 aliphatic rings. The van der Waals surface area contributed by atoms with Crippen molar-refractivity contribution in [2.75, 3.05) is 0 Å². The highest BCUT2D eigenvalue weighted by atomic mass is 19.4. The van der Waals surface area contributed by atoms with Gasteiger partial charge in [0, 0.05) is 18.6 Å². The smallest absolute Gasteiger partial charge is 0.424 e. The maximum absolute atomic E-state index is 12.6. The summed E-state index contributed by atoms with van der Waals surface area (Å²) in [5, 5.41) is 0.345. The van der Waals surface area contributed by atoms with E-state index in [9.17, 15) is 13.2 Å². The number of benzene rings is 1. The van der Waals surface area contributed by atoms with E-state index in [1.54, 1.807) is 12.1 Å². The molecule has 0 saturated carbocycles. The number of rotatable bonds is 2. The van der Waals surface area contributed by atoms with Gasteiger partial charge in [0.15, 0.2) is 0 Å². The normalized spacial score (nSPS) is 11.6. The molecule has 2 heterocycles. The van der Waals surface area contributed by atoms with Gasteiger partial charge in [-0.25, -0.2) is 19.9 Å². The molecular weight excluding hydrogens is 285 g/mol. The van der Waals surface area contributed by atoms with E-state index in [2.05, 4.69) is 19.9 Å². The van der Waals surface area contributed by atoms with Crippen molar-refractivity contribution in [2.45, 2.75) is 6.18 Å². The molecule has 0 spiro atoms. The summed E-state index contributed by atoms with van der Waals surface area (Å²) in [4.78, 5) is 14.6. The summed E-state index contributed by atoms with van der Waals surface area (Å²) in [6.45, 7) is 0. The SMILES string of the molecule is FC(F)(F)c1ncc2c(Oc3ncccn3)cccc2n1. The lowest BCUT2D eigenvalue weighted by Gasteiger charge is -2.08. The number of hydrogen-bond donors (Lipinski definition) is 0. The van der Waals surface area contributed by atoms with Gasteiger partial charge in [0.1, 0.15) is 5.75 Å². The Labute approximate surface area is 116 Å². The summed E-state index contributed by atoms with van der Waals surface area (Å²) in [5.74, 6) is -0.907. The average Bonchev–Trinajstić information content (AvgIpc) is 2.47. The van der Waals surface area contributed by atoms with Crippen LogP contribution in [0.1, 0.15) is 5.82 Å². The van der Waals surface area contributed by atoms with Crippen LogP contribution in [0.25, 0.3) is 10.9 Å². The number of nitrogens with zero attached hydrogens (tertiary/aromatic N) is 4. The third-order valence-electron chi connectivity index (χ3n) is 2.58. The number of hydrogen-bond acceptors (Lipinski definition) is 5. The number of halogens is 3. The second-order valence-corrected chi connectivity index (χ2v) is 4.01. The van der Waals surface area contributed by atoms with E-state index in [0.717, 1.165) is 6.20 Å². The Morgan fingerprint density at radius 3 is 2.43 bits per heavy atom. The second-order valence-electron chi connectivity index (χ2n) is 4.01. The summed E-state index contributed by atoms with van der Waals surface area (Å²) in [7, 11) is 0. The molecule has 0 aliphatic carbocycles. The number of aromatic nitrogens is 4. The minimum atomic E-state index is -4.59. The fourth-order valence-corrected chi connectivity index (χ4v) is 1.69. The predicted octanol–water partition coefficient (Wildman–Crippen LogP) is 3.23. The monoisotopic (exact) mass is 292 g/mol. The van der Waals surface area contributed by atoms with Crippen molar-refractivity contribution in [3.05, 3.63) is 48.7 Å². The molecule has 0 atom stereocenters. The van der Waals surface area contributed by atoms with E-state index < -0.39 is 12.0 Å². The van der Waals surface area contributed by atoms with Gasteiger partial charge < -0.3 is 4.74 Å². The molecule has 3 aromatic rings. The largest absolute Gasteiger partial charge is 0.451 e. The first-order chi connectivity index (χ1) is 10.0. The highest BCUT2D eigenvalue weighted by Gasteiger charge is 2.34. The third-order valence-corrected chi connectivity index (χ3v) is 2.58. The molecule has 0 saturated heterocycles. The van der Waals surface area contributed by atoms with Crippen molar-refractivity contribution in [1.29, 1.82) is 0 Å². The number of ether oxygens (including phenoxy) is 1. The van der Waals surface area contributed by atoms with Crippen LogP contribution in [0.15, 0.2) is 42.9 Å². The zero-order valence-corrected chi connectivity index (χ0v) is 10.4. The molecule has 0 amide bonds. The molecule has 21 heavy (non-hydrogen) atoms. The minimum Gasteiger partial charge on any atom is -0.424 e. The van der Waals surface area contributed by atoms with Gasteiger partial charge in [-0.3, -0.25) is 0 Å². The molecule has 3 rings (SSSR count). The van der Waals surface area contributed by atoms with Crippen LogP contribution in [-0.4, -0.2) is 19.9 Å². The fourth-order valence-electron chi connectivity index (χ4n) is 1.69. The van der Waals surface area contributed by atoms with Gasteiger partial charge in [-0.05, 0) is 18.2 Å². The van der Waals surface area contributed by atoms with Gasteiger partial charge in [-0.1, -0.05) is 6.07 Å². The molecule has 0 radical (unpaired) electrons. The van der Waals surface area contributed by atoms with Crippen molar-refractivity contribution < 1.29 is 17.9 Å². The van der Waals surface area contributed by atoms with Gasteiger partial charge in [-0.15, -0.1) is 0 Å². The van der Waals surface area contributed by atoms with E-state index in [1.165, 1.54) is 24.5 Å². The van der Waals surface area contributed by atoms with Crippen molar-refractivity contribution in [1.82, 2.24) is 19.9 Å². The fraction of sp³-hybridized carbons (Fsp3) is 0.0769. The standard InChI is InChI=1S/C13H7F3N4O/c14-13(15,16)11-19-7-8-9(20-11)3-1-4-10(8)21-12-17-5-2-6-18-12/h1-7H. The number of alkyl halides is 3. The van der Waals surface area contributed by atoms with Gasteiger partial charge in [0.2, 0.25) is 5.82 Å². The molecule has 106 valence electrons. The first kappa shape index (κ1) is 13.2. The molecule has 8 heteroatoms. The number of fused-ring (bicyclic) bond motifs is 1. The summed E-state index contributed by atoms with van der Waals surface area (Å²) in [6.07, 6.45) is -0.533. The quantitative estimate of drug-likeness (QED) is 0.725. The average molecular weight is 292 g/mol. The topological polar surface area (TPSA) is 60.8 Å². The summed E-state index contributed by atoms with van der Waals surface area (Å²) in [6, 6.07) is 6.27. The third kappa shape index (κ3) is 2.73. The molecule has 0 N–H and O–H groups in total. The van der Waals surface area contributed by atoms with Crippen molar-refractivity contribution in [3.8, 4) is 11.8 Å². The van der Waals surface area contributed by atoms with Crippen LogP contribution in [-0.2, 0) is 6.18 Å². The highest BCUT2D eigenvalue weighted by Crippen LogP contribution is 2.30. The van der Waals surface area contributed by atoms with Gasteiger partial charge in [0.25, 0.3) is 0 Å². The minimum absolute atomic E-state index is 0.0879. The lowest BCUT2D eigenvalue weighted by molar-refractivity contribution is -0.144. The Kier molecular flexibility index (Phi) is 3.13. The molecule has 5 nitrogen and oxygen atoms in total. The van der Waals surface area contributed by atoms with E-state index in [1.807, 2.05) is 0 Å².